The van der Waals surface area contributed by atoms with Crippen LogP contribution in [0.5, 0.6) is 0 Å². The van der Waals surface area contributed by atoms with E-state index in [4.69, 9.17) is 0 Å². The second-order valence-corrected chi connectivity index (χ2v) is 9.25. The average molecular weight is 473 g/mol. The summed E-state index contributed by atoms with van der Waals surface area (Å²) in [5, 5.41) is 11.5. The fourth-order valence-electron chi connectivity index (χ4n) is 4.14. The van der Waals surface area contributed by atoms with Gasteiger partial charge in [0.05, 0.1) is 21.8 Å². The first kappa shape index (κ1) is 22.0. The molecule has 7 heteroatoms. The zero-order valence-corrected chi connectivity index (χ0v) is 19.4. The normalized spacial score (nSPS) is 17.6. The molecule has 170 valence electrons. The van der Waals surface area contributed by atoms with Crippen molar-refractivity contribution in [3.63, 3.8) is 0 Å². The van der Waals surface area contributed by atoms with E-state index in [0.717, 1.165) is 28.9 Å². The number of nitrogens with zero attached hydrogens (tertiary/aromatic N) is 2. The number of thiazole rings is 1. The summed E-state index contributed by atoms with van der Waals surface area (Å²) in [7, 11) is 0. The summed E-state index contributed by atoms with van der Waals surface area (Å²) in [5.74, 6) is -2.21. The Bertz CT molecular complexity index is 1460. The Hall–Kier alpha value is -3.84. The third-order valence-electron chi connectivity index (χ3n) is 6.02. The summed E-state index contributed by atoms with van der Waals surface area (Å²) in [6, 6.07) is 18.0. The van der Waals surface area contributed by atoms with Gasteiger partial charge in [0, 0.05) is 5.56 Å². The van der Waals surface area contributed by atoms with Gasteiger partial charge in [-0.15, -0.1) is 0 Å². The summed E-state index contributed by atoms with van der Waals surface area (Å²) < 4.78 is 14.3. The van der Waals surface area contributed by atoms with Gasteiger partial charge in [-0.25, -0.2) is 9.37 Å². The maximum absolute atomic E-state index is 13.8. The van der Waals surface area contributed by atoms with E-state index < -0.39 is 23.5 Å². The van der Waals surface area contributed by atoms with E-state index in [9.17, 15) is 19.1 Å². The van der Waals surface area contributed by atoms with Crippen LogP contribution in [0.25, 0.3) is 16.0 Å². The van der Waals surface area contributed by atoms with Crippen molar-refractivity contribution in [2.75, 3.05) is 4.90 Å². The minimum atomic E-state index is -0.863. The molecule has 1 N–H and O–H groups in total. The number of Topliss-reactive ketones (excluding diaryl/α,β-unsaturated/α-hetero) is 1. The molecule has 1 unspecified atom stereocenters. The number of fused-ring (bicyclic) bond motifs is 1. The van der Waals surface area contributed by atoms with Crippen molar-refractivity contribution in [2.24, 2.45) is 0 Å². The van der Waals surface area contributed by atoms with Gasteiger partial charge in [-0.3, -0.25) is 14.5 Å². The molecule has 5 rings (SSSR count). The number of carbonyl (C=O) groups is 2. The fourth-order valence-corrected chi connectivity index (χ4v) is 5.15. The Kier molecular flexibility index (Phi) is 5.49. The fraction of sp³-hybridized carbons (Fsp3) is 0.148. The van der Waals surface area contributed by atoms with Crippen molar-refractivity contribution in [2.45, 2.75) is 26.3 Å². The molecule has 1 saturated heterocycles. The number of halogens is 1. The predicted molar refractivity (Wildman–Crippen MR) is 131 cm³/mol. The smallest absolute Gasteiger partial charge is 0.301 e. The number of anilines is 1. The second-order valence-electron chi connectivity index (χ2n) is 8.24. The first-order valence-electron chi connectivity index (χ1n) is 10.9. The van der Waals surface area contributed by atoms with Crippen LogP contribution in [-0.2, 0) is 16.0 Å². The van der Waals surface area contributed by atoms with E-state index >= 15 is 0 Å². The number of benzene rings is 3. The number of aliphatic hydroxyl groups is 1. The van der Waals surface area contributed by atoms with Gasteiger partial charge in [-0.05, 0) is 42.7 Å². The molecule has 1 aliphatic rings. The molecule has 1 amide bonds. The third kappa shape index (κ3) is 3.68. The Morgan fingerprint density at radius 3 is 2.44 bits per heavy atom. The molecule has 3 aromatic carbocycles. The molecule has 0 aliphatic carbocycles. The van der Waals surface area contributed by atoms with E-state index in [-0.39, 0.29) is 16.5 Å². The van der Waals surface area contributed by atoms with Crippen molar-refractivity contribution >= 4 is 44.1 Å². The van der Waals surface area contributed by atoms with Crippen molar-refractivity contribution in [3.05, 3.63) is 100 Å². The van der Waals surface area contributed by atoms with E-state index in [1.54, 1.807) is 18.2 Å². The van der Waals surface area contributed by atoms with Crippen LogP contribution in [0, 0.1) is 12.7 Å². The van der Waals surface area contributed by atoms with E-state index in [2.05, 4.69) is 4.98 Å². The van der Waals surface area contributed by atoms with Crippen molar-refractivity contribution in [3.8, 4) is 0 Å². The predicted octanol–water partition coefficient (Wildman–Crippen LogP) is 5.93. The summed E-state index contributed by atoms with van der Waals surface area (Å²) in [6.07, 6.45) is 0.841. The van der Waals surface area contributed by atoms with Gasteiger partial charge in [-0.2, -0.15) is 0 Å². The second kappa shape index (κ2) is 8.50. The van der Waals surface area contributed by atoms with Crippen LogP contribution in [0.1, 0.15) is 35.2 Å². The Labute approximate surface area is 199 Å². The zero-order chi connectivity index (χ0) is 24.0. The van der Waals surface area contributed by atoms with Crippen molar-refractivity contribution in [1.82, 2.24) is 4.98 Å². The van der Waals surface area contributed by atoms with Crippen LogP contribution in [0.2, 0.25) is 0 Å². The molecule has 0 radical (unpaired) electrons. The van der Waals surface area contributed by atoms with Gasteiger partial charge in [0.25, 0.3) is 5.78 Å². The number of rotatable bonds is 4. The standard InChI is InChI=1S/C27H21FN2O3S/c1-3-16-6-10-17(11-7-16)23-22(24(31)18-8-4-15(2)5-9-18)25(32)26(33)30(23)27-29-20-13-12-19(28)14-21(20)34-27/h4-14,23,31H,3H2,1-2H3/b24-22+. The monoisotopic (exact) mass is 472 g/mol. The average Bonchev–Trinajstić information content (AvgIpc) is 3.37. The molecule has 1 aromatic heterocycles. The molecule has 1 fully saturated rings. The number of ketones is 1. The minimum absolute atomic E-state index is 0.00328. The Balaban J connectivity index is 1.72. The van der Waals surface area contributed by atoms with Crippen molar-refractivity contribution < 1.29 is 19.1 Å². The minimum Gasteiger partial charge on any atom is -0.507 e. The highest BCUT2D eigenvalue weighted by Crippen LogP contribution is 2.44. The number of aryl methyl sites for hydroxylation is 2. The van der Waals surface area contributed by atoms with Gasteiger partial charge in [0.15, 0.2) is 5.13 Å². The van der Waals surface area contributed by atoms with Crippen LogP contribution in [0.4, 0.5) is 9.52 Å². The lowest BCUT2D eigenvalue weighted by Crippen LogP contribution is -2.29. The van der Waals surface area contributed by atoms with Crippen LogP contribution < -0.4 is 4.90 Å². The number of carbonyl (C=O) groups excluding carboxylic acids is 2. The number of hydrogen-bond acceptors (Lipinski definition) is 5. The lowest BCUT2D eigenvalue weighted by molar-refractivity contribution is -0.132. The highest BCUT2D eigenvalue weighted by molar-refractivity contribution is 7.22. The molecule has 34 heavy (non-hydrogen) atoms. The van der Waals surface area contributed by atoms with E-state index in [0.29, 0.717) is 21.3 Å². The summed E-state index contributed by atoms with van der Waals surface area (Å²) >= 11 is 1.13. The quantitative estimate of drug-likeness (QED) is 0.227. The molecule has 2 heterocycles. The van der Waals surface area contributed by atoms with Crippen LogP contribution in [-0.4, -0.2) is 21.8 Å². The summed E-state index contributed by atoms with van der Waals surface area (Å²) in [6.45, 7) is 3.97. The molecule has 0 bridgehead atoms. The molecule has 0 spiro atoms. The summed E-state index contributed by atoms with van der Waals surface area (Å²) in [5.41, 5.74) is 3.77. The topological polar surface area (TPSA) is 70.5 Å². The van der Waals surface area contributed by atoms with Crippen molar-refractivity contribution in [1.29, 1.82) is 0 Å². The molecule has 4 aromatic rings. The molecular formula is C27H21FN2O3S. The van der Waals surface area contributed by atoms with Gasteiger partial charge >= 0.3 is 5.91 Å². The first-order chi connectivity index (χ1) is 16.4. The number of aliphatic hydroxyl groups excluding tert-OH is 1. The molecule has 1 aliphatic heterocycles. The Morgan fingerprint density at radius 2 is 1.76 bits per heavy atom. The lowest BCUT2D eigenvalue weighted by atomic mass is 9.94. The maximum Gasteiger partial charge on any atom is 0.301 e. The van der Waals surface area contributed by atoms with Crippen LogP contribution >= 0.6 is 11.3 Å². The molecule has 1 atom stereocenters. The van der Waals surface area contributed by atoms with Gasteiger partial charge < -0.3 is 5.11 Å². The third-order valence-corrected chi connectivity index (χ3v) is 7.04. The Morgan fingerprint density at radius 1 is 1.06 bits per heavy atom. The molecule has 0 saturated carbocycles. The molecular weight excluding hydrogens is 451 g/mol. The van der Waals surface area contributed by atoms with E-state index in [1.165, 1.54) is 17.0 Å². The highest BCUT2D eigenvalue weighted by Gasteiger charge is 2.48. The maximum atomic E-state index is 13.8. The van der Waals surface area contributed by atoms with Gasteiger partial charge in [0.1, 0.15) is 11.6 Å². The number of amides is 1. The molecule has 5 nitrogen and oxygen atoms in total. The lowest BCUT2D eigenvalue weighted by Gasteiger charge is -2.23. The number of aromatic nitrogens is 1. The van der Waals surface area contributed by atoms with Crippen LogP contribution in [0.3, 0.4) is 0 Å². The SMILES string of the molecule is CCc1ccc(C2/C(=C(\O)c3ccc(C)cc3)C(=O)C(=O)N2c2nc3ccc(F)cc3s2)cc1. The summed E-state index contributed by atoms with van der Waals surface area (Å²) in [4.78, 5) is 32.4. The number of hydrogen-bond donors (Lipinski definition) is 1. The highest BCUT2D eigenvalue weighted by atomic mass is 32.1. The zero-order valence-electron chi connectivity index (χ0n) is 18.6. The van der Waals surface area contributed by atoms with Gasteiger partial charge in [-0.1, -0.05) is 72.4 Å². The van der Waals surface area contributed by atoms with E-state index in [1.807, 2.05) is 50.2 Å². The first-order valence-corrected chi connectivity index (χ1v) is 11.7. The largest absolute Gasteiger partial charge is 0.507 e. The van der Waals surface area contributed by atoms with Gasteiger partial charge in [0.2, 0.25) is 0 Å². The van der Waals surface area contributed by atoms with Crippen LogP contribution in [0.15, 0.2) is 72.3 Å².